The van der Waals surface area contributed by atoms with E-state index in [0.717, 1.165) is 25.9 Å². The van der Waals surface area contributed by atoms with Crippen LogP contribution in [0, 0.1) is 0 Å². The van der Waals surface area contributed by atoms with Crippen LogP contribution < -0.4 is 9.64 Å². The van der Waals surface area contributed by atoms with Gasteiger partial charge in [0.05, 0.1) is 6.61 Å². The van der Waals surface area contributed by atoms with E-state index in [1.54, 1.807) is 0 Å². The second-order valence-corrected chi connectivity index (χ2v) is 5.16. The van der Waals surface area contributed by atoms with Gasteiger partial charge in [-0.25, -0.2) is 0 Å². The highest BCUT2D eigenvalue weighted by molar-refractivity contribution is 6.28. The highest BCUT2D eigenvalue weighted by Gasteiger charge is 2.17. The molecule has 1 aliphatic rings. The Bertz CT molecular complexity index is 427. The highest BCUT2D eigenvalue weighted by atomic mass is 35.5. The number of halogens is 1. The van der Waals surface area contributed by atoms with Crippen LogP contribution in [-0.2, 0) is 4.74 Å². The lowest BCUT2D eigenvalue weighted by molar-refractivity contribution is 0.0606. The lowest BCUT2D eigenvalue weighted by Gasteiger charge is -2.26. The largest absolute Gasteiger partial charge is 0.458 e. The van der Waals surface area contributed by atoms with Gasteiger partial charge in [-0.15, -0.1) is 0 Å². The van der Waals surface area contributed by atoms with Gasteiger partial charge in [0.15, 0.2) is 0 Å². The van der Waals surface area contributed by atoms with Crippen LogP contribution in [0.4, 0.5) is 5.95 Å². The summed E-state index contributed by atoms with van der Waals surface area (Å²) >= 11 is 5.96. The van der Waals surface area contributed by atoms with Crippen molar-refractivity contribution >= 4 is 17.5 Å². The van der Waals surface area contributed by atoms with E-state index in [9.17, 15) is 0 Å². The molecule has 0 bridgehead atoms. The molecule has 20 heavy (non-hydrogen) atoms. The Morgan fingerprint density at radius 2 is 1.95 bits per heavy atom. The van der Waals surface area contributed by atoms with Crippen molar-refractivity contribution in [3.05, 3.63) is 5.28 Å². The maximum atomic E-state index is 5.96. The van der Waals surface area contributed by atoms with Gasteiger partial charge >= 0.3 is 6.01 Å². The number of aromatic nitrogens is 3. The van der Waals surface area contributed by atoms with Crippen molar-refractivity contribution in [1.29, 1.82) is 0 Å². The van der Waals surface area contributed by atoms with Crippen molar-refractivity contribution in [2.24, 2.45) is 0 Å². The zero-order valence-electron chi connectivity index (χ0n) is 12.0. The minimum absolute atomic E-state index is 0.123. The predicted molar refractivity (Wildman–Crippen MR) is 77.5 cm³/mol. The SMILES string of the molecule is CCOCC(C)Oc1nc(Cl)nc(N2CCCCC2)n1. The average Bonchev–Trinajstić information content (AvgIpc) is 2.45. The Labute approximate surface area is 124 Å². The summed E-state index contributed by atoms with van der Waals surface area (Å²) in [4.78, 5) is 14.7. The van der Waals surface area contributed by atoms with Gasteiger partial charge < -0.3 is 14.4 Å². The van der Waals surface area contributed by atoms with Crippen molar-refractivity contribution in [3.8, 4) is 6.01 Å². The third-order valence-electron chi connectivity index (χ3n) is 3.08. The molecule has 1 unspecified atom stereocenters. The first-order chi connectivity index (χ1) is 9.69. The number of hydrogen-bond donors (Lipinski definition) is 0. The summed E-state index contributed by atoms with van der Waals surface area (Å²) in [6.45, 7) is 6.92. The summed E-state index contributed by atoms with van der Waals surface area (Å²) in [5, 5.41) is 0.166. The minimum Gasteiger partial charge on any atom is -0.458 e. The predicted octanol–water partition coefficient (Wildman–Crippen LogP) is 2.32. The number of anilines is 1. The van der Waals surface area contributed by atoms with Gasteiger partial charge in [0.25, 0.3) is 0 Å². The van der Waals surface area contributed by atoms with Crippen LogP contribution in [0.2, 0.25) is 5.28 Å². The molecule has 1 fully saturated rings. The van der Waals surface area contributed by atoms with Crippen LogP contribution in [0.15, 0.2) is 0 Å². The third-order valence-corrected chi connectivity index (χ3v) is 3.25. The van der Waals surface area contributed by atoms with Gasteiger partial charge in [-0.05, 0) is 44.7 Å². The van der Waals surface area contributed by atoms with E-state index in [1.807, 2.05) is 13.8 Å². The van der Waals surface area contributed by atoms with Crippen molar-refractivity contribution < 1.29 is 9.47 Å². The second-order valence-electron chi connectivity index (χ2n) is 4.82. The third kappa shape index (κ3) is 4.45. The Morgan fingerprint density at radius 3 is 2.65 bits per heavy atom. The molecule has 0 radical (unpaired) electrons. The first-order valence-electron chi connectivity index (χ1n) is 7.10. The molecule has 112 valence electrons. The Balaban J connectivity index is 2.03. The van der Waals surface area contributed by atoms with E-state index >= 15 is 0 Å². The molecule has 6 nitrogen and oxygen atoms in total. The standard InChI is InChI=1S/C13H21ClN4O2/c1-3-19-9-10(2)20-13-16-11(14)15-12(17-13)18-7-5-4-6-8-18/h10H,3-9H2,1-2H3. The summed E-state index contributed by atoms with van der Waals surface area (Å²) in [6.07, 6.45) is 3.44. The fourth-order valence-corrected chi connectivity index (χ4v) is 2.26. The molecule has 2 heterocycles. The van der Waals surface area contributed by atoms with Crippen molar-refractivity contribution in [1.82, 2.24) is 15.0 Å². The monoisotopic (exact) mass is 300 g/mol. The number of nitrogens with zero attached hydrogens (tertiary/aromatic N) is 4. The zero-order chi connectivity index (χ0) is 14.4. The molecule has 0 amide bonds. The van der Waals surface area contributed by atoms with Crippen LogP contribution in [0.5, 0.6) is 6.01 Å². The average molecular weight is 301 g/mol. The molecule has 2 rings (SSSR count). The van der Waals surface area contributed by atoms with Gasteiger partial charge in [-0.3, -0.25) is 0 Å². The molecule has 0 aromatic carbocycles. The summed E-state index contributed by atoms with van der Waals surface area (Å²) in [6, 6.07) is 0.262. The van der Waals surface area contributed by atoms with Gasteiger partial charge in [-0.1, -0.05) is 0 Å². The summed E-state index contributed by atoms with van der Waals surface area (Å²) in [5.74, 6) is 0.600. The molecule has 0 saturated carbocycles. The van der Waals surface area contributed by atoms with Crippen molar-refractivity contribution in [2.75, 3.05) is 31.2 Å². The number of rotatable bonds is 6. The number of piperidine rings is 1. The smallest absolute Gasteiger partial charge is 0.322 e. The van der Waals surface area contributed by atoms with Crippen molar-refractivity contribution in [2.45, 2.75) is 39.2 Å². The molecule has 1 aromatic rings. The maximum absolute atomic E-state index is 5.96. The molecule has 1 saturated heterocycles. The molecule has 1 atom stereocenters. The maximum Gasteiger partial charge on any atom is 0.322 e. The van der Waals surface area contributed by atoms with Crippen LogP contribution >= 0.6 is 11.6 Å². The second kappa shape index (κ2) is 7.59. The van der Waals surface area contributed by atoms with E-state index in [2.05, 4.69) is 19.9 Å². The Kier molecular flexibility index (Phi) is 5.79. The minimum atomic E-state index is -0.123. The van der Waals surface area contributed by atoms with E-state index in [0.29, 0.717) is 19.2 Å². The fourth-order valence-electron chi connectivity index (χ4n) is 2.11. The molecule has 1 aliphatic heterocycles. The van der Waals surface area contributed by atoms with Crippen molar-refractivity contribution in [3.63, 3.8) is 0 Å². The van der Waals surface area contributed by atoms with Gasteiger partial charge in [-0.2, -0.15) is 15.0 Å². The number of hydrogen-bond acceptors (Lipinski definition) is 6. The van der Waals surface area contributed by atoms with E-state index in [-0.39, 0.29) is 17.4 Å². The van der Waals surface area contributed by atoms with Gasteiger partial charge in [0.1, 0.15) is 6.10 Å². The molecule has 0 spiro atoms. The number of ether oxygens (including phenoxy) is 2. The van der Waals surface area contributed by atoms with E-state index < -0.39 is 0 Å². The zero-order valence-corrected chi connectivity index (χ0v) is 12.8. The topological polar surface area (TPSA) is 60.4 Å². The summed E-state index contributed by atoms with van der Waals surface area (Å²) in [5.41, 5.74) is 0. The van der Waals surface area contributed by atoms with Gasteiger partial charge in [0, 0.05) is 19.7 Å². The lowest BCUT2D eigenvalue weighted by Crippen LogP contribution is -2.31. The Morgan fingerprint density at radius 1 is 1.20 bits per heavy atom. The van der Waals surface area contributed by atoms with Crippen LogP contribution in [0.3, 0.4) is 0 Å². The van der Waals surface area contributed by atoms with Crippen LogP contribution in [0.1, 0.15) is 33.1 Å². The first kappa shape index (κ1) is 15.3. The molecule has 0 aliphatic carbocycles. The van der Waals surface area contributed by atoms with Gasteiger partial charge in [0.2, 0.25) is 11.2 Å². The normalized spacial score (nSPS) is 17.1. The first-order valence-corrected chi connectivity index (χ1v) is 7.47. The summed E-state index contributed by atoms with van der Waals surface area (Å²) < 4.78 is 10.9. The molecule has 1 aromatic heterocycles. The summed E-state index contributed by atoms with van der Waals surface area (Å²) in [7, 11) is 0. The highest BCUT2D eigenvalue weighted by Crippen LogP contribution is 2.19. The van der Waals surface area contributed by atoms with E-state index in [1.165, 1.54) is 6.42 Å². The molecule has 7 heteroatoms. The lowest BCUT2D eigenvalue weighted by atomic mass is 10.1. The molecular weight excluding hydrogens is 280 g/mol. The fraction of sp³-hybridized carbons (Fsp3) is 0.769. The Hall–Kier alpha value is -1.14. The molecular formula is C13H21ClN4O2. The van der Waals surface area contributed by atoms with Crippen LogP contribution in [-0.4, -0.2) is 47.4 Å². The molecule has 0 N–H and O–H groups in total. The quantitative estimate of drug-likeness (QED) is 0.803. The van der Waals surface area contributed by atoms with Crippen LogP contribution in [0.25, 0.3) is 0 Å². The van der Waals surface area contributed by atoms with E-state index in [4.69, 9.17) is 21.1 Å².